The number of hydrogen-bond acceptors (Lipinski definition) is 8. The van der Waals surface area contributed by atoms with E-state index in [1.807, 2.05) is 0 Å². The Hall–Kier alpha value is -4.16. The lowest BCUT2D eigenvalue weighted by Crippen LogP contribution is -2.55. The second-order valence-electron chi connectivity index (χ2n) is 12.5. The van der Waals surface area contributed by atoms with E-state index in [-0.39, 0.29) is 24.4 Å². The molecule has 3 heterocycles. The number of aromatic nitrogens is 2. The number of benzene rings is 2. The summed E-state index contributed by atoms with van der Waals surface area (Å²) in [7, 11) is 2.18. The molecule has 9 nitrogen and oxygen atoms in total. The number of hydrogen-bond donors (Lipinski definition) is 0. The van der Waals surface area contributed by atoms with Gasteiger partial charge in [-0.15, -0.1) is 0 Å². The highest BCUT2D eigenvalue weighted by Crippen LogP contribution is 2.36. The van der Waals surface area contributed by atoms with Gasteiger partial charge in [0.1, 0.15) is 12.4 Å². The van der Waals surface area contributed by atoms with Crippen molar-refractivity contribution >= 4 is 28.2 Å². The van der Waals surface area contributed by atoms with Gasteiger partial charge in [0, 0.05) is 54.9 Å². The quantitative estimate of drug-likeness (QED) is 0.325. The maximum absolute atomic E-state index is 12.6. The Morgan fingerprint density at radius 3 is 2.70 bits per heavy atom. The molecule has 2 fully saturated rings. The second-order valence-corrected chi connectivity index (χ2v) is 12.5. The zero-order valence-electron chi connectivity index (χ0n) is 26.2. The summed E-state index contributed by atoms with van der Waals surface area (Å²) >= 11 is 0. The van der Waals surface area contributed by atoms with Gasteiger partial charge in [0.05, 0.1) is 30.8 Å². The van der Waals surface area contributed by atoms with E-state index in [0.29, 0.717) is 44.8 Å². The summed E-state index contributed by atoms with van der Waals surface area (Å²) in [5, 5.41) is 12.1. The number of nitrogens with zero attached hydrogens (tertiary/aromatic N) is 7. The SMILES string of the molecule is C=CC(=O)N1CCN(c2nc(OC[C@H](C)N(C)C3CCC3)nc3c2CCN(c2cccc4cccc(C)c24)C3)C[C@@H]1CC#N. The Morgan fingerprint density at radius 2 is 1.98 bits per heavy atom. The van der Waals surface area contributed by atoms with E-state index in [4.69, 9.17) is 14.7 Å². The van der Waals surface area contributed by atoms with Crippen LogP contribution in [0.1, 0.15) is 49.4 Å². The highest BCUT2D eigenvalue weighted by atomic mass is 16.5. The van der Waals surface area contributed by atoms with Crippen LogP contribution in [0.5, 0.6) is 6.01 Å². The number of rotatable bonds is 9. The highest BCUT2D eigenvalue weighted by Gasteiger charge is 2.34. The van der Waals surface area contributed by atoms with Crippen LogP contribution in [0.4, 0.5) is 11.5 Å². The molecular formula is C35H43N7O2. The van der Waals surface area contributed by atoms with Crippen LogP contribution < -0.4 is 14.5 Å². The van der Waals surface area contributed by atoms with Crippen molar-refractivity contribution in [3.8, 4) is 12.1 Å². The average Bonchev–Trinajstić information content (AvgIpc) is 3.01. The van der Waals surface area contributed by atoms with Crippen LogP contribution >= 0.6 is 0 Å². The molecule has 1 amide bonds. The van der Waals surface area contributed by atoms with Gasteiger partial charge >= 0.3 is 6.01 Å². The number of nitriles is 1. The maximum atomic E-state index is 12.6. The number of carbonyl (C=O) groups is 1. The van der Waals surface area contributed by atoms with Gasteiger partial charge in [-0.1, -0.05) is 43.3 Å². The van der Waals surface area contributed by atoms with E-state index in [0.717, 1.165) is 30.0 Å². The van der Waals surface area contributed by atoms with E-state index in [9.17, 15) is 10.1 Å². The van der Waals surface area contributed by atoms with Crippen molar-refractivity contribution in [2.45, 2.75) is 70.6 Å². The smallest absolute Gasteiger partial charge is 0.318 e. The number of piperazine rings is 1. The first-order valence-electron chi connectivity index (χ1n) is 15.9. The largest absolute Gasteiger partial charge is 0.462 e. The minimum atomic E-state index is -0.232. The predicted octanol–water partition coefficient (Wildman–Crippen LogP) is 4.87. The van der Waals surface area contributed by atoms with Gasteiger partial charge in [0.25, 0.3) is 0 Å². The molecule has 1 aliphatic carbocycles. The van der Waals surface area contributed by atoms with Crippen LogP contribution in [0.15, 0.2) is 49.1 Å². The van der Waals surface area contributed by atoms with Crippen molar-refractivity contribution in [2.75, 3.05) is 49.6 Å². The van der Waals surface area contributed by atoms with Gasteiger partial charge < -0.3 is 19.4 Å². The third-order valence-electron chi connectivity index (χ3n) is 9.82. The van der Waals surface area contributed by atoms with Crippen molar-refractivity contribution in [3.05, 3.63) is 65.9 Å². The summed E-state index contributed by atoms with van der Waals surface area (Å²) in [4.78, 5) is 31.4. The Labute approximate surface area is 260 Å². The third kappa shape index (κ3) is 5.83. The first kappa shape index (κ1) is 29.9. The molecule has 2 atom stereocenters. The normalized spacial score (nSPS) is 19.3. The Balaban J connectivity index is 1.32. The van der Waals surface area contributed by atoms with Crippen LogP contribution in [-0.2, 0) is 17.8 Å². The van der Waals surface area contributed by atoms with E-state index in [1.54, 1.807) is 4.90 Å². The lowest BCUT2D eigenvalue weighted by Gasteiger charge is -2.42. The topological polar surface area (TPSA) is 88.8 Å². The third-order valence-corrected chi connectivity index (χ3v) is 9.82. The van der Waals surface area contributed by atoms with Crippen molar-refractivity contribution in [3.63, 3.8) is 0 Å². The van der Waals surface area contributed by atoms with Crippen LogP contribution in [-0.4, -0.2) is 83.6 Å². The molecule has 0 spiro atoms. The number of fused-ring (bicyclic) bond motifs is 2. The van der Waals surface area contributed by atoms with Gasteiger partial charge in [-0.3, -0.25) is 9.69 Å². The van der Waals surface area contributed by atoms with E-state index < -0.39 is 0 Å². The van der Waals surface area contributed by atoms with Crippen LogP contribution in [0, 0.1) is 18.3 Å². The molecule has 9 heteroatoms. The van der Waals surface area contributed by atoms with Gasteiger partial charge in [0.15, 0.2) is 0 Å². The number of carbonyl (C=O) groups excluding carboxylic acids is 1. The second kappa shape index (κ2) is 12.8. The molecule has 6 rings (SSSR count). The molecule has 0 radical (unpaired) electrons. The van der Waals surface area contributed by atoms with Crippen molar-refractivity contribution in [2.24, 2.45) is 0 Å². The van der Waals surface area contributed by atoms with E-state index >= 15 is 0 Å². The Kier molecular flexibility index (Phi) is 8.72. The molecule has 230 valence electrons. The van der Waals surface area contributed by atoms with Gasteiger partial charge in [0.2, 0.25) is 5.91 Å². The van der Waals surface area contributed by atoms with Gasteiger partial charge in [-0.2, -0.15) is 15.2 Å². The Bertz CT molecular complexity index is 1570. The highest BCUT2D eigenvalue weighted by molar-refractivity contribution is 5.97. The number of amides is 1. The van der Waals surface area contributed by atoms with Crippen LogP contribution in [0.2, 0.25) is 0 Å². The molecule has 0 N–H and O–H groups in total. The molecule has 1 saturated carbocycles. The van der Waals surface area contributed by atoms with Gasteiger partial charge in [-0.05, 0) is 63.2 Å². The molecule has 0 bridgehead atoms. The summed E-state index contributed by atoms with van der Waals surface area (Å²) in [5.74, 6) is 0.733. The minimum Gasteiger partial charge on any atom is -0.462 e. The number of likely N-dealkylation sites (N-methyl/N-ethyl adjacent to an activating group) is 1. The molecular weight excluding hydrogens is 550 g/mol. The lowest BCUT2D eigenvalue weighted by atomic mass is 9.91. The predicted molar refractivity (Wildman–Crippen MR) is 174 cm³/mol. The fourth-order valence-electron chi connectivity index (χ4n) is 6.89. The molecule has 3 aliphatic rings. The fourth-order valence-corrected chi connectivity index (χ4v) is 6.89. The fraction of sp³-hybridized carbons (Fsp3) is 0.486. The Morgan fingerprint density at radius 1 is 1.18 bits per heavy atom. The molecule has 2 aliphatic heterocycles. The van der Waals surface area contributed by atoms with E-state index in [2.05, 4.69) is 84.6 Å². The minimum absolute atomic E-state index is 0.135. The lowest BCUT2D eigenvalue weighted by molar-refractivity contribution is -0.128. The monoisotopic (exact) mass is 593 g/mol. The maximum Gasteiger partial charge on any atom is 0.318 e. The van der Waals surface area contributed by atoms with Crippen molar-refractivity contribution < 1.29 is 9.53 Å². The molecule has 44 heavy (non-hydrogen) atoms. The first-order chi connectivity index (χ1) is 21.4. The van der Waals surface area contributed by atoms with Gasteiger partial charge in [-0.25, -0.2) is 0 Å². The number of aryl methyl sites for hydroxylation is 1. The summed E-state index contributed by atoms with van der Waals surface area (Å²) in [5.41, 5.74) is 4.58. The van der Waals surface area contributed by atoms with E-state index in [1.165, 1.54) is 47.4 Å². The van der Waals surface area contributed by atoms with Crippen molar-refractivity contribution in [1.82, 2.24) is 19.8 Å². The number of ether oxygens (including phenoxy) is 1. The van der Waals surface area contributed by atoms with Crippen LogP contribution in [0.25, 0.3) is 10.8 Å². The molecule has 1 aromatic heterocycles. The molecule has 0 unspecified atom stereocenters. The first-order valence-corrected chi connectivity index (χ1v) is 15.9. The zero-order valence-corrected chi connectivity index (χ0v) is 26.2. The summed E-state index contributed by atoms with van der Waals surface area (Å²) in [6.07, 6.45) is 6.17. The summed E-state index contributed by atoms with van der Waals surface area (Å²) < 4.78 is 6.35. The number of anilines is 2. The molecule has 1 saturated heterocycles. The zero-order chi connectivity index (χ0) is 30.8. The average molecular weight is 594 g/mol. The summed E-state index contributed by atoms with van der Waals surface area (Å²) in [6, 6.07) is 16.3. The van der Waals surface area contributed by atoms with Crippen molar-refractivity contribution in [1.29, 1.82) is 5.26 Å². The van der Waals surface area contributed by atoms with Crippen LogP contribution in [0.3, 0.4) is 0 Å². The molecule has 3 aromatic rings. The molecule has 2 aromatic carbocycles. The summed E-state index contributed by atoms with van der Waals surface area (Å²) in [6.45, 7) is 11.7. The standard InChI is InChI=1S/C35H43N7O2/c1-5-32(43)42-20-19-41(21-28(42)15-17-36)34-29-16-18-40(31-14-7-11-26-10-6-9-24(2)33(26)31)22-30(29)37-35(38-34)44-23-25(3)39(4)27-12-8-13-27/h5-7,9-11,14,25,27-28H,1,8,12-13,15-16,18-23H2,2-4H3/t25-,28-/m0/s1.